The maximum Gasteiger partial charge on any atom is 2.00 e. The van der Waals surface area contributed by atoms with E-state index in [2.05, 4.69) is 9.97 Å². The van der Waals surface area contributed by atoms with Gasteiger partial charge in [-0.2, -0.15) is 0 Å². The second kappa shape index (κ2) is 18.0. The molecule has 2 atom stereocenters. The van der Waals surface area contributed by atoms with Gasteiger partial charge in [0, 0.05) is 14.2 Å². The van der Waals surface area contributed by atoms with Gasteiger partial charge in [0.2, 0.25) is 0 Å². The third-order valence-electron chi connectivity index (χ3n) is 3.25. The molecule has 2 unspecified atom stereocenters. The molecule has 0 bridgehead atoms. The Bertz CT molecular complexity index is 703. The normalized spacial score (nSPS) is 11.5. The first-order valence-electron chi connectivity index (χ1n) is 7.95. The van der Waals surface area contributed by atoms with Crippen molar-refractivity contribution in [2.24, 2.45) is 0 Å². The summed E-state index contributed by atoms with van der Waals surface area (Å²) in [6.45, 7) is 0.471. The molecule has 0 saturated heterocycles. The fourth-order valence-electron chi connectivity index (χ4n) is 2.18. The van der Waals surface area contributed by atoms with Crippen LogP contribution in [0.2, 0.25) is 0 Å². The van der Waals surface area contributed by atoms with Crippen molar-refractivity contribution in [3.63, 3.8) is 0 Å². The second-order valence-corrected chi connectivity index (χ2v) is 5.49. The van der Waals surface area contributed by atoms with Crippen molar-refractivity contribution in [1.82, 2.24) is 19.1 Å². The first-order valence-corrected chi connectivity index (χ1v) is 7.95. The molecule has 14 nitrogen and oxygen atoms in total. The van der Waals surface area contributed by atoms with Crippen LogP contribution in [0, 0.1) is 20.2 Å². The molecule has 0 saturated carbocycles. The number of methoxy groups -OCH3 is 2. The van der Waals surface area contributed by atoms with Gasteiger partial charge in [0.15, 0.2) is 0 Å². The molecule has 0 radical (unpaired) electrons. The largest absolute Gasteiger partial charge is 2.00 e. The Labute approximate surface area is 204 Å². The van der Waals surface area contributed by atoms with Gasteiger partial charge in [0.05, 0.1) is 26.3 Å². The molecule has 0 amide bonds. The van der Waals surface area contributed by atoms with Crippen LogP contribution in [0.4, 0.5) is 11.9 Å². The van der Waals surface area contributed by atoms with Crippen LogP contribution in [-0.4, -0.2) is 78.8 Å². The first kappa shape index (κ1) is 34.0. The van der Waals surface area contributed by atoms with Gasteiger partial charge in [-0.3, -0.25) is 0 Å². The summed E-state index contributed by atoms with van der Waals surface area (Å²) in [4.78, 5) is 26.7. The maximum atomic E-state index is 10.4. The van der Waals surface area contributed by atoms with Gasteiger partial charge in [0.1, 0.15) is 37.0 Å². The van der Waals surface area contributed by atoms with E-state index in [1.807, 2.05) is 0 Å². The quantitative estimate of drug-likeness (QED) is 0.183. The van der Waals surface area contributed by atoms with Crippen LogP contribution in [-0.2, 0) is 43.6 Å². The van der Waals surface area contributed by atoms with E-state index in [0.717, 1.165) is 0 Å². The van der Waals surface area contributed by atoms with Gasteiger partial charge in [-0.15, -0.1) is 0 Å². The maximum absolute atomic E-state index is 10.4. The zero-order valence-electron chi connectivity index (χ0n) is 16.4. The van der Waals surface area contributed by atoms with Crippen LogP contribution in [0.3, 0.4) is 0 Å². The standard InChI is InChI=1S/2C7H11N3O4.2ClH.Pt/c2*1-14-5-6(11)4-9-3-2-8-7(9)10(12)13;;;/h2*2-3,6,11H,4-5H2,1H3;2*1H;/q;;;;+2/p-2. The van der Waals surface area contributed by atoms with Gasteiger partial charge >= 0.3 is 33.0 Å². The fraction of sp³-hybridized carbons (Fsp3) is 0.571. The van der Waals surface area contributed by atoms with Crippen molar-refractivity contribution in [2.75, 3.05) is 27.4 Å². The molecule has 0 aliphatic rings. The Morgan fingerprint density at radius 1 is 0.903 bits per heavy atom. The SMILES string of the molecule is COCC(O)Cn1ccnc1[N+](=O)[O-].COCC(O)Cn1ccnc1[N+](=O)[O-].[Cl-].[Cl-].[Pt+2]. The fourth-order valence-corrected chi connectivity index (χ4v) is 2.18. The van der Waals surface area contributed by atoms with E-state index in [4.69, 9.17) is 9.47 Å². The predicted molar refractivity (Wildman–Crippen MR) is 93.5 cm³/mol. The zero-order valence-corrected chi connectivity index (χ0v) is 20.2. The van der Waals surface area contributed by atoms with Crippen molar-refractivity contribution in [1.29, 1.82) is 0 Å². The third-order valence-corrected chi connectivity index (χ3v) is 3.25. The van der Waals surface area contributed by atoms with E-state index in [9.17, 15) is 30.4 Å². The number of imidazole rings is 2. The van der Waals surface area contributed by atoms with Gasteiger partial charge in [-0.25, -0.2) is 9.13 Å². The number of nitrogens with zero attached hydrogens (tertiary/aromatic N) is 6. The zero-order chi connectivity index (χ0) is 21.1. The van der Waals surface area contributed by atoms with Crippen molar-refractivity contribution in [3.05, 3.63) is 45.0 Å². The third kappa shape index (κ3) is 12.1. The molecular formula is C14H22Cl2N6O8Pt. The van der Waals surface area contributed by atoms with Crippen molar-refractivity contribution in [2.45, 2.75) is 25.3 Å². The minimum absolute atomic E-state index is 0. The Hall–Kier alpha value is -1.67. The molecule has 180 valence electrons. The summed E-state index contributed by atoms with van der Waals surface area (Å²) in [5.74, 6) is -0.555. The van der Waals surface area contributed by atoms with Gasteiger partial charge in [-0.05, 0) is 9.85 Å². The average molecular weight is 668 g/mol. The summed E-state index contributed by atoms with van der Waals surface area (Å²) < 4.78 is 11.9. The van der Waals surface area contributed by atoms with Gasteiger partial charge in [0.25, 0.3) is 0 Å². The molecule has 0 fully saturated rings. The number of aliphatic hydroxyl groups is 2. The molecule has 0 aliphatic heterocycles. The Morgan fingerprint density at radius 2 is 1.23 bits per heavy atom. The number of rotatable bonds is 10. The molecule has 2 aromatic rings. The molecule has 17 heteroatoms. The van der Waals surface area contributed by atoms with Crippen molar-refractivity contribution < 1.29 is 75.4 Å². The van der Waals surface area contributed by atoms with Crippen LogP contribution in [0.25, 0.3) is 0 Å². The molecule has 2 rings (SSSR count). The summed E-state index contributed by atoms with van der Waals surface area (Å²) in [6, 6.07) is 0. The molecule has 2 N–H and O–H groups in total. The van der Waals surface area contributed by atoms with Crippen molar-refractivity contribution >= 4 is 11.9 Å². The minimum Gasteiger partial charge on any atom is -1.00 e. The van der Waals surface area contributed by atoms with Crippen LogP contribution in [0.1, 0.15) is 0 Å². The van der Waals surface area contributed by atoms with Crippen LogP contribution in [0.5, 0.6) is 0 Å². The first-order chi connectivity index (χ1) is 13.3. The Morgan fingerprint density at radius 3 is 1.48 bits per heavy atom. The Kier molecular flexibility index (Phi) is 19.7. The number of aromatic nitrogens is 4. The summed E-state index contributed by atoms with van der Waals surface area (Å²) in [5, 5.41) is 39.5. The molecule has 2 heterocycles. The molecule has 0 aromatic carbocycles. The molecule has 0 spiro atoms. The van der Waals surface area contributed by atoms with E-state index in [1.165, 1.54) is 48.1 Å². The second-order valence-electron chi connectivity index (χ2n) is 5.49. The predicted octanol–water partition coefficient (Wildman–Crippen LogP) is -6.40. The molecular weight excluding hydrogens is 646 g/mol. The average Bonchev–Trinajstić information content (AvgIpc) is 3.25. The smallest absolute Gasteiger partial charge is 1.00 e. The number of ether oxygens (including phenoxy) is 2. The number of hydrogen-bond donors (Lipinski definition) is 2. The Balaban J connectivity index is -0.000000461. The van der Waals surface area contributed by atoms with Gasteiger partial charge < -0.3 is 64.7 Å². The van der Waals surface area contributed by atoms with Gasteiger partial charge in [-0.1, -0.05) is 9.97 Å². The minimum atomic E-state index is -0.770. The topological polar surface area (TPSA) is 181 Å². The van der Waals surface area contributed by atoms with Crippen LogP contribution >= 0.6 is 0 Å². The summed E-state index contributed by atoms with van der Waals surface area (Å²) in [6.07, 6.45) is 3.98. The van der Waals surface area contributed by atoms with E-state index in [1.54, 1.807) is 0 Å². The van der Waals surface area contributed by atoms with E-state index in [0.29, 0.717) is 0 Å². The number of nitro groups is 2. The monoisotopic (exact) mass is 667 g/mol. The number of aliphatic hydroxyl groups excluding tert-OH is 2. The molecule has 31 heavy (non-hydrogen) atoms. The van der Waals surface area contributed by atoms with E-state index < -0.39 is 22.1 Å². The summed E-state index contributed by atoms with van der Waals surface area (Å²) in [5.41, 5.74) is 0. The van der Waals surface area contributed by atoms with Crippen LogP contribution in [0.15, 0.2) is 24.8 Å². The van der Waals surface area contributed by atoms with E-state index in [-0.39, 0.29) is 84.1 Å². The number of halogens is 2. The van der Waals surface area contributed by atoms with Crippen molar-refractivity contribution in [3.8, 4) is 0 Å². The summed E-state index contributed by atoms with van der Waals surface area (Å²) >= 11 is 0. The van der Waals surface area contributed by atoms with Crippen LogP contribution < -0.4 is 24.8 Å². The molecule has 2 aromatic heterocycles. The summed E-state index contributed by atoms with van der Waals surface area (Å²) in [7, 11) is 2.90. The molecule has 0 aliphatic carbocycles. The van der Waals surface area contributed by atoms with E-state index >= 15 is 0 Å². The number of hydrogen-bond acceptors (Lipinski definition) is 10.